The average molecular weight is 601 g/mol. The molecular formula is C30H31ClF2N4O5. The van der Waals surface area contributed by atoms with E-state index in [-0.39, 0.29) is 36.1 Å². The number of fused-ring (bicyclic) bond motifs is 2. The summed E-state index contributed by atoms with van der Waals surface area (Å²) in [6.07, 6.45) is 3.31. The average Bonchev–Trinajstić information content (AvgIpc) is 3.67. The third-order valence-electron chi connectivity index (χ3n) is 7.68. The number of nitrogens with one attached hydrogen (secondary N) is 1. The summed E-state index contributed by atoms with van der Waals surface area (Å²) in [4.78, 5) is 23.8. The van der Waals surface area contributed by atoms with Crippen LogP contribution in [-0.4, -0.2) is 85.5 Å². The zero-order valence-electron chi connectivity index (χ0n) is 22.9. The number of rotatable bonds is 10. The molecule has 3 aromatic rings. The molecule has 0 bridgehead atoms. The zero-order valence-corrected chi connectivity index (χ0v) is 23.6. The van der Waals surface area contributed by atoms with Crippen molar-refractivity contribution in [1.82, 2.24) is 14.9 Å². The highest BCUT2D eigenvalue weighted by atomic mass is 35.5. The van der Waals surface area contributed by atoms with E-state index in [1.165, 1.54) is 30.6 Å². The van der Waals surface area contributed by atoms with Crippen LogP contribution in [0.1, 0.15) is 12.0 Å². The summed E-state index contributed by atoms with van der Waals surface area (Å²) in [5, 5.41) is 3.68. The molecule has 0 unspecified atom stereocenters. The minimum absolute atomic E-state index is 0.0237. The van der Waals surface area contributed by atoms with E-state index in [9.17, 15) is 9.18 Å². The van der Waals surface area contributed by atoms with Crippen molar-refractivity contribution in [3.8, 4) is 5.75 Å². The largest absolute Gasteiger partial charge is 0.493 e. The number of likely N-dealkylation sites (tertiary alicyclic amines) is 1. The van der Waals surface area contributed by atoms with E-state index in [1.807, 2.05) is 4.90 Å². The van der Waals surface area contributed by atoms with Gasteiger partial charge in [-0.2, -0.15) is 0 Å². The third kappa shape index (κ3) is 6.71. The first-order valence-electron chi connectivity index (χ1n) is 14.0. The lowest BCUT2D eigenvalue weighted by molar-refractivity contribution is -0.116. The fraction of sp³-hybridized carbons (Fsp3) is 0.433. The van der Waals surface area contributed by atoms with Crippen LogP contribution < -0.4 is 10.1 Å². The second-order valence-electron chi connectivity index (χ2n) is 10.7. The van der Waals surface area contributed by atoms with Crippen LogP contribution in [0.3, 0.4) is 0 Å². The lowest BCUT2D eigenvalue weighted by Gasteiger charge is -2.24. The maximum atomic E-state index is 15.1. The van der Waals surface area contributed by atoms with Gasteiger partial charge in [-0.3, -0.25) is 9.69 Å². The van der Waals surface area contributed by atoms with E-state index in [0.717, 1.165) is 6.42 Å². The molecule has 3 fully saturated rings. The Morgan fingerprint density at radius 2 is 1.95 bits per heavy atom. The van der Waals surface area contributed by atoms with E-state index in [1.54, 1.807) is 12.1 Å². The van der Waals surface area contributed by atoms with E-state index in [0.29, 0.717) is 79.8 Å². The van der Waals surface area contributed by atoms with E-state index in [4.69, 9.17) is 30.5 Å². The smallest absolute Gasteiger partial charge is 0.195 e. The molecule has 4 heterocycles. The second-order valence-corrected chi connectivity index (χ2v) is 11.1. The van der Waals surface area contributed by atoms with Crippen molar-refractivity contribution in [2.24, 2.45) is 5.92 Å². The molecule has 0 spiro atoms. The van der Waals surface area contributed by atoms with Gasteiger partial charge in [-0.25, -0.2) is 18.7 Å². The number of carbonyl (C=O) groups excluding carboxylic acids is 1. The summed E-state index contributed by atoms with van der Waals surface area (Å²) in [6.45, 7) is 4.34. The Morgan fingerprint density at radius 1 is 1.14 bits per heavy atom. The molecule has 222 valence electrons. The van der Waals surface area contributed by atoms with Crippen LogP contribution in [0.5, 0.6) is 5.75 Å². The molecule has 9 nitrogen and oxygen atoms in total. The minimum atomic E-state index is -0.814. The van der Waals surface area contributed by atoms with Crippen molar-refractivity contribution in [2.45, 2.75) is 25.0 Å². The Balaban J connectivity index is 1.23. The number of hydrogen-bond donors (Lipinski definition) is 1. The summed E-state index contributed by atoms with van der Waals surface area (Å²) >= 11 is 5.95. The standard InChI is InChI=1S/C30H31ClF2N4O5/c31-22-11-20(1-2-23(22)32)36-30-21-9-19(27(12-25(21)34-17-35-30)42-16-18-4-6-39-15-18)10-26(38)24(33)3-5-37-13-28-29(14-37)41-8-7-40-28/h1-3,9,11-12,17-18,28-29H,4-8,10,13-16H2,(H,34,35,36)/b24-3-/t18-,28-,29+/m0/s1. The van der Waals surface area contributed by atoms with Crippen LogP contribution in [-0.2, 0) is 25.4 Å². The predicted molar refractivity (Wildman–Crippen MR) is 152 cm³/mol. The highest BCUT2D eigenvalue weighted by molar-refractivity contribution is 6.31. The molecular weight excluding hydrogens is 570 g/mol. The lowest BCUT2D eigenvalue weighted by Crippen LogP contribution is -2.36. The van der Waals surface area contributed by atoms with Gasteiger partial charge < -0.3 is 24.3 Å². The molecule has 1 N–H and O–H groups in total. The van der Waals surface area contributed by atoms with Crippen LogP contribution in [0.4, 0.5) is 20.3 Å². The molecule has 0 saturated carbocycles. The molecule has 2 aromatic carbocycles. The van der Waals surface area contributed by atoms with Crippen LogP contribution in [0, 0.1) is 11.7 Å². The number of halogens is 3. The van der Waals surface area contributed by atoms with Crippen molar-refractivity contribution in [3.05, 3.63) is 65.0 Å². The fourth-order valence-electron chi connectivity index (χ4n) is 5.40. The highest BCUT2D eigenvalue weighted by Crippen LogP contribution is 2.32. The molecule has 3 atom stereocenters. The minimum Gasteiger partial charge on any atom is -0.493 e. The van der Waals surface area contributed by atoms with Crippen molar-refractivity contribution in [2.75, 3.05) is 58.0 Å². The lowest BCUT2D eigenvalue weighted by atomic mass is 10.0. The van der Waals surface area contributed by atoms with Gasteiger partial charge in [0.1, 0.15) is 23.7 Å². The molecule has 3 aliphatic heterocycles. The molecule has 0 radical (unpaired) electrons. The van der Waals surface area contributed by atoms with Crippen LogP contribution in [0.2, 0.25) is 5.02 Å². The molecule has 6 rings (SSSR count). The quantitative estimate of drug-likeness (QED) is 0.334. The fourth-order valence-corrected chi connectivity index (χ4v) is 5.58. The number of aromatic nitrogens is 2. The van der Waals surface area contributed by atoms with E-state index in [2.05, 4.69) is 15.3 Å². The van der Waals surface area contributed by atoms with Crippen LogP contribution >= 0.6 is 11.6 Å². The third-order valence-corrected chi connectivity index (χ3v) is 7.97. The van der Waals surface area contributed by atoms with Gasteiger partial charge >= 0.3 is 0 Å². The SMILES string of the molecule is O=C(Cc1cc2c(Nc3ccc(F)c(Cl)c3)ncnc2cc1OC[C@H]1CCOC1)/C(F)=C/CN1C[C@@H]2OCCO[C@@H]2C1. The number of nitrogens with zero attached hydrogens (tertiary/aromatic N) is 3. The molecule has 3 aliphatic rings. The number of anilines is 2. The number of ketones is 1. The predicted octanol–water partition coefficient (Wildman–Crippen LogP) is 4.65. The summed E-state index contributed by atoms with van der Waals surface area (Å²) in [5.74, 6) is -0.922. The second kappa shape index (κ2) is 13.0. The molecule has 3 saturated heterocycles. The first kappa shape index (κ1) is 28.9. The molecule has 12 heteroatoms. The Kier molecular flexibility index (Phi) is 8.92. The first-order chi connectivity index (χ1) is 20.4. The Morgan fingerprint density at radius 3 is 2.69 bits per heavy atom. The zero-order chi connectivity index (χ0) is 29.1. The maximum Gasteiger partial charge on any atom is 0.195 e. The number of allylic oxidation sites excluding steroid dienone is 1. The summed E-state index contributed by atoms with van der Waals surface area (Å²) < 4.78 is 51.8. The van der Waals surface area contributed by atoms with Crippen LogP contribution in [0.25, 0.3) is 10.9 Å². The molecule has 42 heavy (non-hydrogen) atoms. The van der Waals surface area contributed by atoms with E-state index < -0.39 is 17.4 Å². The van der Waals surface area contributed by atoms with Crippen molar-refractivity contribution in [3.63, 3.8) is 0 Å². The summed E-state index contributed by atoms with van der Waals surface area (Å²) in [5.41, 5.74) is 1.58. The topological polar surface area (TPSA) is 95.0 Å². The number of Topliss-reactive ketones (excluding diaryl/α,β-unsaturated/α-hetero) is 1. The van der Waals surface area contributed by atoms with Gasteiger partial charge in [-0.15, -0.1) is 0 Å². The molecule has 1 aromatic heterocycles. The van der Waals surface area contributed by atoms with Crippen LogP contribution in [0.15, 0.2) is 48.6 Å². The number of carbonyl (C=O) groups is 1. The van der Waals surface area contributed by atoms with Crippen molar-refractivity contribution < 1.29 is 32.5 Å². The van der Waals surface area contributed by atoms with Crippen molar-refractivity contribution >= 4 is 39.8 Å². The highest BCUT2D eigenvalue weighted by Gasteiger charge is 2.36. The number of benzene rings is 2. The normalized spacial score (nSPS) is 22.8. The summed E-state index contributed by atoms with van der Waals surface area (Å²) in [7, 11) is 0. The van der Waals surface area contributed by atoms with Gasteiger partial charge in [0.2, 0.25) is 0 Å². The Labute approximate surface area is 246 Å². The number of ether oxygens (including phenoxy) is 4. The van der Waals surface area contributed by atoms with Crippen molar-refractivity contribution in [1.29, 1.82) is 0 Å². The van der Waals surface area contributed by atoms with Gasteiger partial charge in [0.05, 0.1) is 49.2 Å². The maximum absolute atomic E-state index is 15.1. The van der Waals surface area contributed by atoms with Gasteiger partial charge in [-0.05, 0) is 36.8 Å². The van der Waals surface area contributed by atoms with Gasteiger partial charge in [-0.1, -0.05) is 11.6 Å². The van der Waals surface area contributed by atoms with Gasteiger partial charge in [0.15, 0.2) is 11.6 Å². The number of hydrogen-bond acceptors (Lipinski definition) is 9. The molecule has 0 amide bonds. The molecule has 0 aliphatic carbocycles. The van der Waals surface area contributed by atoms with Gasteiger partial charge in [0.25, 0.3) is 0 Å². The summed E-state index contributed by atoms with van der Waals surface area (Å²) in [6, 6.07) is 7.70. The Hall–Kier alpha value is -3.22. The van der Waals surface area contributed by atoms with Gasteiger partial charge in [0, 0.05) is 61.3 Å². The van der Waals surface area contributed by atoms with E-state index >= 15 is 4.39 Å². The first-order valence-corrected chi connectivity index (χ1v) is 14.4. The Bertz CT molecular complexity index is 1470. The monoisotopic (exact) mass is 600 g/mol.